The average molecular weight is 310 g/mol. The molecule has 0 heterocycles. The fourth-order valence-electron chi connectivity index (χ4n) is 1.70. The first-order chi connectivity index (χ1) is 10.0. The lowest BCUT2D eigenvalue weighted by molar-refractivity contribution is -0.498. The van der Waals surface area contributed by atoms with E-state index in [1.54, 1.807) is 11.8 Å². The van der Waals surface area contributed by atoms with E-state index >= 15 is 0 Å². The maximum absolute atomic E-state index is 10.5. The predicted octanol–water partition coefficient (Wildman–Crippen LogP) is 1.66. The van der Waals surface area contributed by atoms with Gasteiger partial charge >= 0.3 is 0 Å². The van der Waals surface area contributed by atoms with Gasteiger partial charge in [-0.25, -0.2) is 0 Å². The van der Waals surface area contributed by atoms with Gasteiger partial charge in [0.05, 0.1) is 6.54 Å². The lowest BCUT2D eigenvalue weighted by atomic mass is 10.1. The molecular weight excluding hydrogens is 288 g/mol. The molecule has 0 saturated heterocycles. The second kappa shape index (κ2) is 9.36. The number of nitrogens with zero attached hydrogens (tertiary/aromatic N) is 2. The summed E-state index contributed by atoms with van der Waals surface area (Å²) in [6.45, 7) is 2.81. The summed E-state index contributed by atoms with van der Waals surface area (Å²) in [6.07, 6.45) is 0. The zero-order chi connectivity index (χ0) is 15.7. The number of nitro groups is 1. The third kappa shape index (κ3) is 6.59. The molecule has 7 heteroatoms. The summed E-state index contributed by atoms with van der Waals surface area (Å²) in [5, 5.41) is 13.7. The van der Waals surface area contributed by atoms with Crippen LogP contribution in [0.15, 0.2) is 29.3 Å². The summed E-state index contributed by atoms with van der Waals surface area (Å²) in [5.74, 6) is 1.79. The lowest BCUT2D eigenvalue weighted by Crippen LogP contribution is -2.33. The monoisotopic (exact) mass is 310 g/mol. The van der Waals surface area contributed by atoms with Crippen LogP contribution in [0.25, 0.3) is 0 Å². The van der Waals surface area contributed by atoms with Gasteiger partial charge in [0.15, 0.2) is 5.84 Å². The molecule has 1 unspecified atom stereocenters. The first-order valence-electron chi connectivity index (χ1n) is 6.78. The Bertz CT molecular complexity index is 494. The number of nitrogens with two attached hydrogens (primary N) is 1. The van der Waals surface area contributed by atoms with Crippen molar-refractivity contribution in [3.05, 3.63) is 45.5 Å². The van der Waals surface area contributed by atoms with Gasteiger partial charge in [-0.3, -0.25) is 15.1 Å². The summed E-state index contributed by atoms with van der Waals surface area (Å²) < 4.78 is 0. The standard InChI is InChI=1S/C14H22N4O2S/c1-11(18(19)20)14(15)17-6-7-21-10-13-5-3-4-12(8-13)9-16-2/h3-5,8,11,16H,6-7,9-10H2,1-2H3,(H2,15,17). The highest BCUT2D eigenvalue weighted by Crippen LogP contribution is 2.13. The van der Waals surface area contributed by atoms with Gasteiger partial charge in [0.25, 0.3) is 6.04 Å². The van der Waals surface area contributed by atoms with Gasteiger partial charge in [-0.05, 0) is 18.2 Å². The average Bonchev–Trinajstić information content (AvgIpc) is 2.46. The molecule has 1 atom stereocenters. The molecule has 0 saturated carbocycles. The molecule has 1 aromatic rings. The van der Waals surface area contributed by atoms with Crippen molar-refractivity contribution in [2.45, 2.75) is 25.3 Å². The highest BCUT2D eigenvalue weighted by atomic mass is 32.2. The van der Waals surface area contributed by atoms with Crippen molar-refractivity contribution in [3.63, 3.8) is 0 Å². The molecule has 0 amide bonds. The molecular formula is C14H22N4O2S. The number of benzene rings is 1. The Morgan fingerprint density at radius 3 is 2.90 bits per heavy atom. The molecule has 0 aliphatic rings. The van der Waals surface area contributed by atoms with E-state index in [9.17, 15) is 10.1 Å². The highest BCUT2D eigenvalue weighted by Gasteiger charge is 2.16. The van der Waals surface area contributed by atoms with Crippen LogP contribution in [0.1, 0.15) is 18.1 Å². The molecule has 0 aliphatic carbocycles. The number of amidine groups is 1. The van der Waals surface area contributed by atoms with Gasteiger partial charge in [0.1, 0.15) is 0 Å². The summed E-state index contributed by atoms with van der Waals surface area (Å²) in [5.41, 5.74) is 8.09. The largest absolute Gasteiger partial charge is 0.382 e. The molecule has 116 valence electrons. The summed E-state index contributed by atoms with van der Waals surface area (Å²) in [6, 6.07) is 7.51. The molecule has 1 rings (SSSR count). The Hall–Kier alpha value is -1.60. The molecule has 0 bridgehead atoms. The number of rotatable bonds is 9. The maximum Gasteiger partial charge on any atom is 0.266 e. The van der Waals surface area contributed by atoms with Crippen molar-refractivity contribution in [2.75, 3.05) is 19.3 Å². The number of hydrogen-bond acceptors (Lipinski definition) is 5. The van der Waals surface area contributed by atoms with E-state index in [1.807, 2.05) is 7.05 Å². The summed E-state index contributed by atoms with van der Waals surface area (Å²) in [7, 11) is 1.93. The van der Waals surface area contributed by atoms with E-state index in [2.05, 4.69) is 34.6 Å². The van der Waals surface area contributed by atoms with Crippen molar-refractivity contribution >= 4 is 17.6 Å². The quantitative estimate of drug-likeness (QED) is 0.238. The van der Waals surface area contributed by atoms with Crippen LogP contribution in [0.4, 0.5) is 0 Å². The fourth-order valence-corrected chi connectivity index (χ4v) is 2.48. The van der Waals surface area contributed by atoms with Crippen molar-refractivity contribution in [3.8, 4) is 0 Å². The lowest BCUT2D eigenvalue weighted by Gasteiger charge is -2.05. The first kappa shape index (κ1) is 17.5. The minimum absolute atomic E-state index is 0.0941. The van der Waals surface area contributed by atoms with Crippen molar-refractivity contribution in [2.24, 2.45) is 10.7 Å². The van der Waals surface area contributed by atoms with Crippen LogP contribution >= 0.6 is 11.8 Å². The fraction of sp³-hybridized carbons (Fsp3) is 0.500. The van der Waals surface area contributed by atoms with Gasteiger partial charge in [-0.1, -0.05) is 24.3 Å². The van der Waals surface area contributed by atoms with Gasteiger partial charge in [-0.15, -0.1) is 0 Å². The summed E-state index contributed by atoms with van der Waals surface area (Å²) in [4.78, 5) is 14.1. The van der Waals surface area contributed by atoms with Gasteiger partial charge in [-0.2, -0.15) is 11.8 Å². The molecule has 0 aromatic heterocycles. The number of nitrogens with one attached hydrogen (secondary N) is 1. The van der Waals surface area contributed by atoms with Crippen LogP contribution < -0.4 is 11.1 Å². The molecule has 0 aliphatic heterocycles. The number of aliphatic imine (C=N–C) groups is 1. The Labute approximate surface area is 129 Å². The van der Waals surface area contributed by atoms with E-state index in [1.165, 1.54) is 18.1 Å². The molecule has 0 radical (unpaired) electrons. The minimum atomic E-state index is -0.909. The van der Waals surface area contributed by atoms with Gasteiger partial charge in [0.2, 0.25) is 0 Å². The summed E-state index contributed by atoms with van der Waals surface area (Å²) >= 11 is 1.74. The van der Waals surface area contributed by atoms with E-state index < -0.39 is 11.0 Å². The smallest absolute Gasteiger partial charge is 0.266 e. The Morgan fingerprint density at radius 1 is 1.52 bits per heavy atom. The van der Waals surface area contributed by atoms with E-state index in [0.29, 0.717) is 6.54 Å². The van der Waals surface area contributed by atoms with Crippen molar-refractivity contribution < 1.29 is 4.92 Å². The third-order valence-corrected chi connectivity index (χ3v) is 3.92. The van der Waals surface area contributed by atoms with Crippen LogP contribution in [0, 0.1) is 10.1 Å². The second-order valence-corrected chi connectivity index (χ2v) is 5.78. The van der Waals surface area contributed by atoms with E-state index in [0.717, 1.165) is 18.1 Å². The molecule has 0 fully saturated rings. The van der Waals surface area contributed by atoms with E-state index in [-0.39, 0.29) is 5.84 Å². The minimum Gasteiger partial charge on any atom is -0.382 e. The highest BCUT2D eigenvalue weighted by molar-refractivity contribution is 7.98. The van der Waals surface area contributed by atoms with Crippen LogP contribution in [-0.2, 0) is 12.3 Å². The van der Waals surface area contributed by atoms with Crippen LogP contribution in [0.2, 0.25) is 0 Å². The molecule has 3 N–H and O–H groups in total. The third-order valence-electron chi connectivity index (χ3n) is 2.92. The molecule has 21 heavy (non-hydrogen) atoms. The van der Waals surface area contributed by atoms with Crippen LogP contribution in [-0.4, -0.2) is 36.1 Å². The van der Waals surface area contributed by atoms with Crippen LogP contribution in [0.3, 0.4) is 0 Å². The Morgan fingerprint density at radius 2 is 2.24 bits per heavy atom. The first-order valence-corrected chi connectivity index (χ1v) is 7.93. The van der Waals surface area contributed by atoms with Gasteiger partial charge in [0, 0.05) is 29.9 Å². The molecule has 1 aromatic carbocycles. The normalized spacial score (nSPS) is 13.1. The number of hydrogen-bond donors (Lipinski definition) is 2. The predicted molar refractivity (Wildman–Crippen MR) is 88.3 cm³/mol. The topological polar surface area (TPSA) is 93.5 Å². The zero-order valence-corrected chi connectivity index (χ0v) is 13.2. The zero-order valence-electron chi connectivity index (χ0n) is 12.4. The van der Waals surface area contributed by atoms with Gasteiger partial charge < -0.3 is 11.1 Å². The second-order valence-electron chi connectivity index (χ2n) is 4.67. The maximum atomic E-state index is 10.5. The van der Waals surface area contributed by atoms with Crippen molar-refractivity contribution in [1.29, 1.82) is 0 Å². The van der Waals surface area contributed by atoms with Crippen molar-refractivity contribution in [1.82, 2.24) is 5.32 Å². The molecule has 0 spiro atoms. The molecule has 6 nitrogen and oxygen atoms in total. The SMILES string of the molecule is CNCc1cccc(CSCCN=C(N)C(C)[N+](=O)[O-])c1. The van der Waals surface area contributed by atoms with E-state index in [4.69, 9.17) is 5.73 Å². The number of thioether (sulfide) groups is 1. The Kier molecular flexibility index (Phi) is 7.78. The van der Waals surface area contributed by atoms with Crippen LogP contribution in [0.5, 0.6) is 0 Å². The Balaban J connectivity index is 2.32.